The van der Waals surface area contributed by atoms with Crippen molar-refractivity contribution in [2.45, 2.75) is 18.8 Å². The molecule has 9 heteroatoms. The highest BCUT2D eigenvalue weighted by molar-refractivity contribution is 6.12. The molecule has 9 nitrogen and oxygen atoms in total. The number of H-pyrrole nitrogens is 1. The maximum absolute atomic E-state index is 12.9. The number of anilines is 1. The Bertz CT molecular complexity index is 1090. The molecule has 0 spiro atoms. The standard InChI is InChI=1S/C17H13N7O2/c25-15(22-17-19-8-20-23-17)11-6-12(10-2-1-5-18-7-10)21-16-13(11)14(24-26-16)9-3-4-9/h1-2,5-9H,3-4H2,(H2,19,20,22,23,25). The lowest BCUT2D eigenvalue weighted by atomic mass is 10.0. The molecule has 0 bridgehead atoms. The van der Waals surface area contributed by atoms with Crippen LogP contribution in [0.1, 0.15) is 34.8 Å². The number of rotatable bonds is 4. The van der Waals surface area contributed by atoms with Gasteiger partial charge in [-0.15, -0.1) is 0 Å². The molecule has 26 heavy (non-hydrogen) atoms. The molecule has 0 atom stereocenters. The second kappa shape index (κ2) is 5.73. The van der Waals surface area contributed by atoms with Gasteiger partial charge in [-0.25, -0.2) is 10.1 Å². The molecule has 1 aliphatic carbocycles. The molecule has 0 saturated heterocycles. The number of nitrogens with zero attached hydrogens (tertiary/aromatic N) is 5. The van der Waals surface area contributed by atoms with Crippen LogP contribution in [0, 0.1) is 0 Å². The predicted molar refractivity (Wildman–Crippen MR) is 91.3 cm³/mol. The van der Waals surface area contributed by atoms with Crippen LogP contribution >= 0.6 is 0 Å². The molecule has 4 aromatic rings. The van der Waals surface area contributed by atoms with Gasteiger partial charge in [-0.1, -0.05) is 5.16 Å². The normalized spacial score (nSPS) is 13.8. The third-order valence-corrected chi connectivity index (χ3v) is 4.29. The zero-order chi connectivity index (χ0) is 17.5. The van der Waals surface area contributed by atoms with Crippen LogP contribution in [0.2, 0.25) is 0 Å². The van der Waals surface area contributed by atoms with Crippen molar-refractivity contribution in [3.63, 3.8) is 0 Å². The molecule has 1 saturated carbocycles. The molecule has 0 radical (unpaired) electrons. The van der Waals surface area contributed by atoms with Crippen LogP contribution in [0.25, 0.3) is 22.4 Å². The first-order valence-corrected chi connectivity index (χ1v) is 8.17. The third-order valence-electron chi connectivity index (χ3n) is 4.29. The Labute approximate surface area is 146 Å². The summed E-state index contributed by atoms with van der Waals surface area (Å²) >= 11 is 0. The average molecular weight is 347 g/mol. The van der Waals surface area contributed by atoms with E-state index in [1.165, 1.54) is 6.33 Å². The van der Waals surface area contributed by atoms with Crippen LogP contribution in [0.3, 0.4) is 0 Å². The predicted octanol–water partition coefficient (Wildman–Crippen LogP) is 2.53. The number of carbonyl (C=O) groups is 1. The smallest absolute Gasteiger partial charge is 0.259 e. The van der Waals surface area contributed by atoms with E-state index >= 15 is 0 Å². The number of aromatic amines is 1. The second-order valence-electron chi connectivity index (χ2n) is 6.11. The summed E-state index contributed by atoms with van der Waals surface area (Å²) in [6.45, 7) is 0. The summed E-state index contributed by atoms with van der Waals surface area (Å²) in [7, 11) is 0. The molecule has 0 aliphatic heterocycles. The van der Waals surface area contributed by atoms with Gasteiger partial charge in [-0.05, 0) is 31.0 Å². The Hall–Kier alpha value is -3.62. The monoisotopic (exact) mass is 347 g/mol. The van der Waals surface area contributed by atoms with E-state index in [2.05, 4.69) is 35.6 Å². The quantitative estimate of drug-likeness (QED) is 0.581. The Morgan fingerprint density at radius 1 is 1.35 bits per heavy atom. The van der Waals surface area contributed by atoms with E-state index in [1.54, 1.807) is 18.5 Å². The number of aromatic nitrogens is 6. The van der Waals surface area contributed by atoms with Gasteiger partial charge in [0.05, 0.1) is 22.3 Å². The van der Waals surface area contributed by atoms with Crippen LogP contribution in [0.4, 0.5) is 5.95 Å². The van der Waals surface area contributed by atoms with Crippen molar-refractivity contribution < 1.29 is 9.32 Å². The number of carbonyl (C=O) groups excluding carboxylic acids is 1. The van der Waals surface area contributed by atoms with Gasteiger partial charge in [0.1, 0.15) is 6.33 Å². The Morgan fingerprint density at radius 2 is 2.27 bits per heavy atom. The topological polar surface area (TPSA) is 122 Å². The van der Waals surface area contributed by atoms with Crippen molar-refractivity contribution in [2.24, 2.45) is 0 Å². The van der Waals surface area contributed by atoms with Crippen molar-refractivity contribution in [3.8, 4) is 11.3 Å². The van der Waals surface area contributed by atoms with Gasteiger partial charge >= 0.3 is 0 Å². The van der Waals surface area contributed by atoms with Gasteiger partial charge < -0.3 is 4.52 Å². The molecule has 1 fully saturated rings. The van der Waals surface area contributed by atoms with E-state index in [4.69, 9.17) is 4.52 Å². The number of amides is 1. The largest absolute Gasteiger partial charge is 0.335 e. The summed E-state index contributed by atoms with van der Waals surface area (Å²) in [6, 6.07) is 5.41. The minimum Gasteiger partial charge on any atom is -0.335 e. The summed E-state index contributed by atoms with van der Waals surface area (Å²) in [6.07, 6.45) is 6.77. The molecule has 2 N–H and O–H groups in total. The number of nitrogens with one attached hydrogen (secondary N) is 2. The summed E-state index contributed by atoms with van der Waals surface area (Å²) < 4.78 is 5.44. The summed E-state index contributed by atoms with van der Waals surface area (Å²) in [5.74, 6) is 0.260. The zero-order valence-electron chi connectivity index (χ0n) is 13.5. The molecule has 0 unspecified atom stereocenters. The SMILES string of the molecule is O=C(Nc1ncn[nH]1)c1cc(-c2cccnc2)nc2onc(C3CC3)c12. The fourth-order valence-electron chi connectivity index (χ4n) is 2.89. The van der Waals surface area contributed by atoms with E-state index < -0.39 is 0 Å². The highest BCUT2D eigenvalue weighted by Crippen LogP contribution is 2.43. The van der Waals surface area contributed by atoms with Crippen LogP contribution in [-0.2, 0) is 0 Å². The van der Waals surface area contributed by atoms with Gasteiger partial charge in [0, 0.05) is 23.9 Å². The number of pyridine rings is 2. The number of fused-ring (bicyclic) bond motifs is 1. The van der Waals surface area contributed by atoms with Crippen LogP contribution in [0.5, 0.6) is 0 Å². The van der Waals surface area contributed by atoms with Gasteiger partial charge in [-0.3, -0.25) is 15.1 Å². The van der Waals surface area contributed by atoms with Gasteiger partial charge in [0.25, 0.3) is 11.6 Å². The fraction of sp³-hybridized carbons (Fsp3) is 0.176. The van der Waals surface area contributed by atoms with Crippen molar-refractivity contribution in [3.05, 3.63) is 48.2 Å². The van der Waals surface area contributed by atoms with E-state index in [-0.39, 0.29) is 11.9 Å². The maximum atomic E-state index is 12.9. The number of hydrogen-bond donors (Lipinski definition) is 2. The molecule has 1 aliphatic rings. The summed E-state index contributed by atoms with van der Waals surface area (Å²) in [5, 5.41) is 13.9. The van der Waals surface area contributed by atoms with Crippen molar-refractivity contribution >= 4 is 23.0 Å². The highest BCUT2D eigenvalue weighted by Gasteiger charge is 2.32. The van der Waals surface area contributed by atoms with E-state index in [9.17, 15) is 4.79 Å². The first kappa shape index (κ1) is 14.7. The van der Waals surface area contributed by atoms with Crippen molar-refractivity contribution in [2.75, 3.05) is 5.32 Å². The highest BCUT2D eigenvalue weighted by atomic mass is 16.5. The first-order valence-electron chi connectivity index (χ1n) is 8.17. The van der Waals surface area contributed by atoms with Crippen molar-refractivity contribution in [1.82, 2.24) is 30.3 Å². The molecular weight excluding hydrogens is 334 g/mol. The minimum atomic E-state index is -0.329. The Balaban J connectivity index is 1.67. The van der Waals surface area contributed by atoms with E-state index in [1.807, 2.05) is 12.1 Å². The summed E-state index contributed by atoms with van der Waals surface area (Å²) in [4.78, 5) is 25.5. The second-order valence-corrected chi connectivity index (χ2v) is 6.11. The molecule has 1 amide bonds. The van der Waals surface area contributed by atoms with Gasteiger partial charge in [-0.2, -0.15) is 10.1 Å². The molecular formula is C17H13N7O2. The molecule has 0 aromatic carbocycles. The molecule has 128 valence electrons. The van der Waals surface area contributed by atoms with E-state index in [0.717, 1.165) is 24.1 Å². The van der Waals surface area contributed by atoms with Crippen LogP contribution in [-0.4, -0.2) is 36.2 Å². The first-order chi connectivity index (χ1) is 12.8. The lowest BCUT2D eigenvalue weighted by molar-refractivity contribution is 0.102. The Kier molecular flexibility index (Phi) is 3.24. The molecule has 4 aromatic heterocycles. The third kappa shape index (κ3) is 2.50. The Morgan fingerprint density at radius 3 is 3.00 bits per heavy atom. The van der Waals surface area contributed by atoms with Crippen LogP contribution < -0.4 is 5.32 Å². The number of hydrogen-bond acceptors (Lipinski definition) is 7. The van der Waals surface area contributed by atoms with Crippen molar-refractivity contribution in [1.29, 1.82) is 0 Å². The lowest BCUT2D eigenvalue weighted by Crippen LogP contribution is -2.14. The van der Waals surface area contributed by atoms with E-state index in [0.29, 0.717) is 28.3 Å². The van der Waals surface area contributed by atoms with Crippen LogP contribution in [0.15, 0.2) is 41.4 Å². The van der Waals surface area contributed by atoms with Gasteiger partial charge in [0.2, 0.25) is 5.95 Å². The molecule has 5 rings (SSSR count). The fourth-order valence-corrected chi connectivity index (χ4v) is 2.89. The average Bonchev–Trinajstić information content (AvgIpc) is 3.22. The maximum Gasteiger partial charge on any atom is 0.259 e. The molecule has 4 heterocycles. The van der Waals surface area contributed by atoms with Gasteiger partial charge in [0.15, 0.2) is 0 Å². The zero-order valence-corrected chi connectivity index (χ0v) is 13.5. The summed E-state index contributed by atoms with van der Waals surface area (Å²) in [5.41, 5.74) is 2.94. The minimum absolute atomic E-state index is 0.271. The lowest BCUT2D eigenvalue weighted by Gasteiger charge is -2.07.